The number of amides is 2. The second-order valence-corrected chi connectivity index (χ2v) is 6.80. The van der Waals surface area contributed by atoms with E-state index in [1.54, 1.807) is 11.3 Å². The molecule has 0 fully saturated rings. The van der Waals surface area contributed by atoms with Gasteiger partial charge >= 0.3 is 0 Å². The van der Waals surface area contributed by atoms with Crippen LogP contribution in [0.5, 0.6) is 0 Å². The Hall–Kier alpha value is -2.29. The zero-order valence-corrected chi connectivity index (χ0v) is 14.3. The molecule has 0 aromatic carbocycles. The minimum Gasteiger partial charge on any atom is -0.343 e. The van der Waals surface area contributed by atoms with E-state index < -0.39 is 6.04 Å². The molecule has 2 amide bonds. The van der Waals surface area contributed by atoms with Gasteiger partial charge in [0.1, 0.15) is 18.9 Å². The van der Waals surface area contributed by atoms with E-state index in [0.29, 0.717) is 19.5 Å². The molecule has 3 heterocycles. The number of thiophene rings is 1. The maximum Gasteiger partial charge on any atom is 0.245 e. The maximum atomic E-state index is 12.8. The van der Waals surface area contributed by atoms with Crippen LogP contribution in [0.15, 0.2) is 17.8 Å². The SMILES string of the molecule is CCCC(NC(=O)Cn1cnnn1)C(=O)N1CCc2sccc2C1. The Bertz CT molecular complexity index is 699. The number of hydrogen-bond acceptors (Lipinski definition) is 6. The van der Waals surface area contributed by atoms with Crippen molar-refractivity contribution in [3.05, 3.63) is 28.2 Å². The normalized spacial score (nSPS) is 15.0. The predicted octanol–water partition coefficient (Wildman–Crippen LogP) is 0.604. The third-order valence-corrected chi connectivity index (χ3v) is 5.05. The van der Waals surface area contributed by atoms with Gasteiger partial charge in [-0.05, 0) is 40.3 Å². The van der Waals surface area contributed by atoms with E-state index in [-0.39, 0.29) is 18.4 Å². The van der Waals surface area contributed by atoms with Crippen LogP contribution in [0.1, 0.15) is 30.2 Å². The van der Waals surface area contributed by atoms with Crippen molar-refractivity contribution < 1.29 is 9.59 Å². The summed E-state index contributed by atoms with van der Waals surface area (Å²) in [5.74, 6) is -0.277. The molecule has 9 heteroatoms. The quantitative estimate of drug-likeness (QED) is 0.825. The Kier molecular flexibility index (Phi) is 5.19. The molecule has 0 saturated carbocycles. The van der Waals surface area contributed by atoms with Crippen LogP contribution >= 0.6 is 11.3 Å². The van der Waals surface area contributed by atoms with Gasteiger partial charge < -0.3 is 10.2 Å². The van der Waals surface area contributed by atoms with E-state index in [1.807, 2.05) is 11.8 Å². The summed E-state index contributed by atoms with van der Waals surface area (Å²) < 4.78 is 1.33. The van der Waals surface area contributed by atoms with E-state index in [2.05, 4.69) is 32.3 Å². The number of rotatable bonds is 6. The van der Waals surface area contributed by atoms with Crippen LogP contribution < -0.4 is 5.32 Å². The smallest absolute Gasteiger partial charge is 0.245 e. The summed E-state index contributed by atoms with van der Waals surface area (Å²) in [5, 5.41) is 15.5. The van der Waals surface area contributed by atoms with Gasteiger partial charge in [-0.15, -0.1) is 16.4 Å². The molecule has 0 spiro atoms. The first-order valence-corrected chi connectivity index (χ1v) is 8.89. The molecule has 8 nitrogen and oxygen atoms in total. The molecule has 0 radical (unpaired) electrons. The number of nitrogens with zero attached hydrogens (tertiary/aromatic N) is 5. The predicted molar refractivity (Wildman–Crippen MR) is 88.1 cm³/mol. The Morgan fingerprint density at radius 1 is 1.46 bits per heavy atom. The molecule has 1 N–H and O–H groups in total. The average molecular weight is 348 g/mol. The molecular formula is C15H20N6O2S. The summed E-state index contributed by atoms with van der Waals surface area (Å²) in [4.78, 5) is 28.2. The molecule has 0 aliphatic carbocycles. The summed E-state index contributed by atoms with van der Waals surface area (Å²) in [7, 11) is 0. The van der Waals surface area contributed by atoms with Crippen molar-refractivity contribution in [2.24, 2.45) is 0 Å². The van der Waals surface area contributed by atoms with Gasteiger partial charge in [0.05, 0.1) is 0 Å². The Labute approximate surface area is 143 Å². The lowest BCUT2D eigenvalue weighted by molar-refractivity contribution is -0.137. The number of tetrazole rings is 1. The van der Waals surface area contributed by atoms with Crippen LogP contribution in [0, 0.1) is 0 Å². The van der Waals surface area contributed by atoms with Crippen molar-refractivity contribution in [2.75, 3.05) is 6.54 Å². The molecule has 24 heavy (non-hydrogen) atoms. The molecule has 128 valence electrons. The maximum absolute atomic E-state index is 12.8. The van der Waals surface area contributed by atoms with Gasteiger partial charge in [-0.3, -0.25) is 9.59 Å². The second-order valence-electron chi connectivity index (χ2n) is 5.79. The van der Waals surface area contributed by atoms with E-state index in [9.17, 15) is 9.59 Å². The summed E-state index contributed by atoms with van der Waals surface area (Å²) in [6.45, 7) is 3.34. The highest BCUT2D eigenvalue weighted by Gasteiger charge is 2.28. The first kappa shape index (κ1) is 16.6. The number of carbonyl (C=O) groups excluding carboxylic acids is 2. The van der Waals surface area contributed by atoms with E-state index >= 15 is 0 Å². The lowest BCUT2D eigenvalue weighted by Crippen LogP contribution is -2.50. The summed E-state index contributed by atoms with van der Waals surface area (Å²) >= 11 is 1.74. The van der Waals surface area contributed by atoms with Crippen molar-refractivity contribution in [1.82, 2.24) is 30.4 Å². The van der Waals surface area contributed by atoms with Crippen LogP contribution in [0.25, 0.3) is 0 Å². The Morgan fingerprint density at radius 2 is 2.33 bits per heavy atom. The fourth-order valence-electron chi connectivity index (χ4n) is 2.84. The zero-order chi connectivity index (χ0) is 16.9. The summed E-state index contributed by atoms with van der Waals surface area (Å²) in [6, 6.07) is 1.57. The van der Waals surface area contributed by atoms with Crippen LogP contribution in [0.3, 0.4) is 0 Å². The molecule has 3 rings (SSSR count). The lowest BCUT2D eigenvalue weighted by atomic mass is 10.1. The number of nitrogens with one attached hydrogen (secondary N) is 1. The highest BCUT2D eigenvalue weighted by molar-refractivity contribution is 7.10. The highest BCUT2D eigenvalue weighted by Crippen LogP contribution is 2.24. The topological polar surface area (TPSA) is 93.0 Å². The minimum atomic E-state index is -0.501. The van der Waals surface area contributed by atoms with E-state index in [4.69, 9.17) is 0 Å². The summed E-state index contributed by atoms with van der Waals surface area (Å²) in [6.07, 6.45) is 3.70. The van der Waals surface area contributed by atoms with Gasteiger partial charge in [-0.2, -0.15) is 0 Å². The molecule has 1 aliphatic rings. The number of fused-ring (bicyclic) bond motifs is 1. The third kappa shape index (κ3) is 3.78. The standard InChI is InChI=1S/C15H20N6O2S/c1-2-3-12(17-14(22)9-21-10-16-18-19-21)15(23)20-6-4-13-11(8-20)5-7-24-13/h5,7,10,12H,2-4,6,8-9H2,1H3,(H,17,22). The van der Waals surface area contributed by atoms with Crippen LogP contribution in [0.4, 0.5) is 0 Å². The molecule has 1 atom stereocenters. The van der Waals surface area contributed by atoms with E-state index in [0.717, 1.165) is 12.8 Å². The van der Waals surface area contributed by atoms with Crippen molar-refractivity contribution in [1.29, 1.82) is 0 Å². The first-order chi connectivity index (χ1) is 11.7. The van der Waals surface area contributed by atoms with Crippen molar-refractivity contribution in [2.45, 2.75) is 45.3 Å². The van der Waals surface area contributed by atoms with Crippen molar-refractivity contribution >= 4 is 23.2 Å². The van der Waals surface area contributed by atoms with Gasteiger partial charge in [0.25, 0.3) is 0 Å². The van der Waals surface area contributed by atoms with E-state index in [1.165, 1.54) is 21.4 Å². The first-order valence-electron chi connectivity index (χ1n) is 8.01. The zero-order valence-electron chi connectivity index (χ0n) is 13.5. The molecular weight excluding hydrogens is 328 g/mol. The van der Waals surface area contributed by atoms with Crippen molar-refractivity contribution in [3.8, 4) is 0 Å². The molecule has 1 unspecified atom stereocenters. The fourth-order valence-corrected chi connectivity index (χ4v) is 3.73. The van der Waals surface area contributed by atoms with Gasteiger partial charge in [-0.25, -0.2) is 4.68 Å². The minimum absolute atomic E-state index is 0.00910. The molecule has 2 aromatic rings. The second kappa shape index (κ2) is 7.52. The average Bonchev–Trinajstić information content (AvgIpc) is 3.24. The molecule has 0 bridgehead atoms. The van der Waals surface area contributed by atoms with Crippen LogP contribution in [-0.2, 0) is 29.1 Å². The van der Waals surface area contributed by atoms with Crippen molar-refractivity contribution in [3.63, 3.8) is 0 Å². The number of carbonyl (C=O) groups is 2. The summed E-state index contributed by atoms with van der Waals surface area (Å²) in [5.41, 5.74) is 1.22. The number of aromatic nitrogens is 4. The monoisotopic (exact) mass is 348 g/mol. The van der Waals surface area contributed by atoms with Gasteiger partial charge in [0.2, 0.25) is 11.8 Å². The highest BCUT2D eigenvalue weighted by atomic mass is 32.1. The molecule has 0 saturated heterocycles. The van der Waals surface area contributed by atoms with Gasteiger partial charge in [0, 0.05) is 18.0 Å². The largest absolute Gasteiger partial charge is 0.343 e. The third-order valence-electron chi connectivity index (χ3n) is 4.03. The van der Waals surface area contributed by atoms with Gasteiger partial charge in [-0.1, -0.05) is 13.3 Å². The lowest BCUT2D eigenvalue weighted by Gasteiger charge is -2.30. The van der Waals surface area contributed by atoms with Gasteiger partial charge in [0.15, 0.2) is 0 Å². The van der Waals surface area contributed by atoms with Crippen LogP contribution in [0.2, 0.25) is 0 Å². The Morgan fingerprint density at radius 3 is 3.08 bits per heavy atom. The van der Waals surface area contributed by atoms with Crippen LogP contribution in [-0.4, -0.2) is 49.5 Å². The Balaban J connectivity index is 1.62. The molecule has 2 aromatic heterocycles. The number of hydrogen-bond donors (Lipinski definition) is 1. The fraction of sp³-hybridized carbons (Fsp3) is 0.533. The molecule has 1 aliphatic heterocycles.